The van der Waals surface area contributed by atoms with E-state index in [0.29, 0.717) is 5.02 Å². The molecule has 1 unspecified atom stereocenters. The molecular weight excluding hydrogens is 237 g/mol. The molecule has 0 bridgehead atoms. The highest BCUT2D eigenvalue weighted by atomic mass is 35.5. The zero-order chi connectivity index (χ0) is 13.1. The standard InChI is InChI=1S/C14H21ClFN/c1-5-17-13(14(2,3)4)9-10-8-11(16)6-7-12(10)15/h6-8,13,17H,5,9H2,1-4H3. The van der Waals surface area contributed by atoms with Crippen molar-refractivity contribution in [3.05, 3.63) is 34.6 Å². The lowest BCUT2D eigenvalue weighted by Crippen LogP contribution is -2.41. The zero-order valence-corrected chi connectivity index (χ0v) is 11.7. The van der Waals surface area contributed by atoms with Gasteiger partial charge in [-0.1, -0.05) is 39.3 Å². The first-order valence-corrected chi connectivity index (χ1v) is 6.39. The van der Waals surface area contributed by atoms with Crippen LogP contribution in [-0.4, -0.2) is 12.6 Å². The van der Waals surface area contributed by atoms with Crippen LogP contribution in [0.15, 0.2) is 18.2 Å². The fraction of sp³-hybridized carbons (Fsp3) is 0.571. The Morgan fingerprint density at radius 3 is 2.53 bits per heavy atom. The quantitative estimate of drug-likeness (QED) is 0.858. The van der Waals surface area contributed by atoms with Crippen LogP contribution < -0.4 is 5.32 Å². The summed E-state index contributed by atoms with van der Waals surface area (Å²) < 4.78 is 13.2. The van der Waals surface area contributed by atoms with E-state index in [9.17, 15) is 4.39 Å². The van der Waals surface area contributed by atoms with Crippen molar-refractivity contribution in [3.63, 3.8) is 0 Å². The molecule has 0 amide bonds. The van der Waals surface area contributed by atoms with Crippen LogP contribution in [0, 0.1) is 11.2 Å². The molecule has 0 saturated carbocycles. The minimum Gasteiger partial charge on any atom is -0.313 e. The van der Waals surface area contributed by atoms with Crippen LogP contribution in [-0.2, 0) is 6.42 Å². The van der Waals surface area contributed by atoms with E-state index in [1.54, 1.807) is 6.07 Å². The number of rotatable bonds is 4. The predicted molar refractivity (Wildman–Crippen MR) is 72.0 cm³/mol. The van der Waals surface area contributed by atoms with Gasteiger partial charge in [0, 0.05) is 11.1 Å². The van der Waals surface area contributed by atoms with Crippen LogP contribution in [0.25, 0.3) is 0 Å². The summed E-state index contributed by atoms with van der Waals surface area (Å²) in [5.74, 6) is -0.228. The minimum absolute atomic E-state index is 0.117. The van der Waals surface area contributed by atoms with Crippen molar-refractivity contribution < 1.29 is 4.39 Å². The second-order valence-electron chi connectivity index (χ2n) is 5.42. The normalized spacial score (nSPS) is 13.8. The van der Waals surface area contributed by atoms with Crippen molar-refractivity contribution in [2.24, 2.45) is 5.41 Å². The molecule has 1 N–H and O–H groups in total. The summed E-state index contributed by atoms with van der Waals surface area (Å²) in [7, 11) is 0. The molecule has 1 rings (SSSR count). The van der Waals surface area contributed by atoms with Gasteiger partial charge in [0.05, 0.1) is 0 Å². The molecule has 1 atom stereocenters. The lowest BCUT2D eigenvalue weighted by Gasteiger charge is -2.31. The smallest absolute Gasteiger partial charge is 0.123 e. The first-order chi connectivity index (χ1) is 7.84. The van der Waals surface area contributed by atoms with Crippen LogP contribution in [0.3, 0.4) is 0 Å². The van der Waals surface area contributed by atoms with Gasteiger partial charge >= 0.3 is 0 Å². The fourth-order valence-electron chi connectivity index (χ4n) is 1.85. The second kappa shape index (κ2) is 5.83. The van der Waals surface area contributed by atoms with Gasteiger partial charge in [-0.05, 0) is 42.1 Å². The van der Waals surface area contributed by atoms with Crippen LogP contribution in [0.5, 0.6) is 0 Å². The Bertz CT molecular complexity index is 371. The van der Waals surface area contributed by atoms with Gasteiger partial charge in [0.1, 0.15) is 5.82 Å². The summed E-state index contributed by atoms with van der Waals surface area (Å²) >= 11 is 6.10. The first kappa shape index (κ1) is 14.5. The average molecular weight is 258 g/mol. The summed E-state index contributed by atoms with van der Waals surface area (Å²) in [6, 6.07) is 4.83. The van der Waals surface area contributed by atoms with Crippen molar-refractivity contribution in [1.29, 1.82) is 0 Å². The molecule has 0 aliphatic heterocycles. The van der Waals surface area contributed by atoms with E-state index in [1.807, 2.05) is 0 Å². The van der Waals surface area contributed by atoms with Gasteiger partial charge < -0.3 is 5.32 Å². The van der Waals surface area contributed by atoms with Gasteiger partial charge in [0.2, 0.25) is 0 Å². The monoisotopic (exact) mass is 257 g/mol. The van der Waals surface area contributed by atoms with E-state index in [2.05, 4.69) is 33.0 Å². The van der Waals surface area contributed by atoms with E-state index in [4.69, 9.17) is 11.6 Å². The molecular formula is C14H21ClFN. The Hall–Kier alpha value is -0.600. The molecule has 1 aromatic rings. The number of benzene rings is 1. The van der Waals surface area contributed by atoms with E-state index in [0.717, 1.165) is 18.5 Å². The number of likely N-dealkylation sites (N-methyl/N-ethyl adjacent to an activating group) is 1. The van der Waals surface area contributed by atoms with Gasteiger partial charge in [-0.15, -0.1) is 0 Å². The van der Waals surface area contributed by atoms with Gasteiger partial charge in [-0.2, -0.15) is 0 Å². The molecule has 0 spiro atoms. The SMILES string of the molecule is CCNC(Cc1cc(F)ccc1Cl)C(C)(C)C. The van der Waals surface area contributed by atoms with Crippen LogP contribution in [0.1, 0.15) is 33.3 Å². The van der Waals surface area contributed by atoms with Crippen LogP contribution in [0.2, 0.25) is 5.02 Å². The van der Waals surface area contributed by atoms with Gasteiger partial charge in [0.25, 0.3) is 0 Å². The molecule has 0 aliphatic carbocycles. The molecule has 0 saturated heterocycles. The maximum absolute atomic E-state index is 13.2. The van der Waals surface area contributed by atoms with Gasteiger partial charge in [0.15, 0.2) is 0 Å². The third-order valence-corrected chi connectivity index (χ3v) is 3.30. The Morgan fingerprint density at radius 2 is 2.00 bits per heavy atom. The maximum atomic E-state index is 13.2. The summed E-state index contributed by atoms with van der Waals surface area (Å²) in [5, 5.41) is 4.07. The fourth-order valence-corrected chi connectivity index (χ4v) is 2.05. The zero-order valence-electron chi connectivity index (χ0n) is 11.0. The van der Waals surface area contributed by atoms with Crippen LogP contribution in [0.4, 0.5) is 4.39 Å². The van der Waals surface area contributed by atoms with E-state index < -0.39 is 0 Å². The number of halogens is 2. The molecule has 1 aromatic carbocycles. The van der Waals surface area contributed by atoms with E-state index >= 15 is 0 Å². The first-order valence-electron chi connectivity index (χ1n) is 6.02. The van der Waals surface area contributed by atoms with Crippen molar-refractivity contribution in [2.75, 3.05) is 6.54 Å². The number of hydrogen-bond donors (Lipinski definition) is 1. The highest BCUT2D eigenvalue weighted by Crippen LogP contribution is 2.26. The highest BCUT2D eigenvalue weighted by molar-refractivity contribution is 6.31. The summed E-state index contributed by atoms with van der Waals surface area (Å²) in [6.45, 7) is 9.50. The summed E-state index contributed by atoms with van der Waals surface area (Å²) in [4.78, 5) is 0. The third kappa shape index (κ3) is 4.29. The van der Waals surface area contributed by atoms with Crippen molar-refractivity contribution >= 4 is 11.6 Å². The van der Waals surface area contributed by atoms with Crippen molar-refractivity contribution in [1.82, 2.24) is 5.32 Å². The molecule has 0 aliphatic rings. The molecule has 17 heavy (non-hydrogen) atoms. The van der Waals surface area contributed by atoms with E-state index in [1.165, 1.54) is 12.1 Å². The van der Waals surface area contributed by atoms with Crippen LogP contribution >= 0.6 is 11.6 Å². The average Bonchev–Trinajstić information content (AvgIpc) is 2.21. The molecule has 3 heteroatoms. The molecule has 0 heterocycles. The minimum atomic E-state index is -0.228. The second-order valence-corrected chi connectivity index (χ2v) is 5.82. The maximum Gasteiger partial charge on any atom is 0.123 e. The lowest BCUT2D eigenvalue weighted by atomic mass is 9.83. The summed E-state index contributed by atoms with van der Waals surface area (Å²) in [6.07, 6.45) is 0.744. The highest BCUT2D eigenvalue weighted by Gasteiger charge is 2.24. The van der Waals surface area contributed by atoms with Crippen molar-refractivity contribution in [2.45, 2.75) is 40.2 Å². The number of nitrogens with one attached hydrogen (secondary N) is 1. The van der Waals surface area contributed by atoms with E-state index in [-0.39, 0.29) is 17.3 Å². The molecule has 0 radical (unpaired) electrons. The molecule has 96 valence electrons. The Labute approximate surface area is 108 Å². The Kier molecular flexibility index (Phi) is 4.96. The largest absolute Gasteiger partial charge is 0.313 e. The molecule has 0 aromatic heterocycles. The predicted octanol–water partition coefficient (Wildman–Crippen LogP) is 4.05. The van der Waals surface area contributed by atoms with Gasteiger partial charge in [-0.25, -0.2) is 4.39 Å². The number of hydrogen-bond acceptors (Lipinski definition) is 1. The lowest BCUT2D eigenvalue weighted by molar-refractivity contribution is 0.270. The topological polar surface area (TPSA) is 12.0 Å². The molecule has 1 nitrogen and oxygen atoms in total. The Balaban J connectivity index is 2.89. The third-order valence-electron chi connectivity index (χ3n) is 2.93. The Morgan fingerprint density at radius 1 is 1.35 bits per heavy atom. The summed E-state index contributed by atoms with van der Waals surface area (Å²) in [5.41, 5.74) is 0.985. The molecule has 0 fully saturated rings. The van der Waals surface area contributed by atoms with Crippen molar-refractivity contribution in [3.8, 4) is 0 Å². The van der Waals surface area contributed by atoms with Gasteiger partial charge in [-0.3, -0.25) is 0 Å².